The maximum Gasteiger partial charge on any atom is 0.326 e. The molecule has 1 aromatic carbocycles. The highest BCUT2D eigenvalue weighted by Gasteiger charge is 2.36. The van der Waals surface area contributed by atoms with E-state index in [0.29, 0.717) is 12.3 Å². The predicted octanol–water partition coefficient (Wildman–Crippen LogP) is 2.27. The molecule has 7 nitrogen and oxygen atoms in total. The van der Waals surface area contributed by atoms with Gasteiger partial charge in [0.2, 0.25) is 0 Å². The smallest absolute Gasteiger partial charge is 0.326 e. The van der Waals surface area contributed by atoms with Crippen molar-refractivity contribution in [2.75, 3.05) is 11.9 Å². The van der Waals surface area contributed by atoms with Gasteiger partial charge < -0.3 is 15.2 Å². The van der Waals surface area contributed by atoms with Gasteiger partial charge in [0.05, 0.1) is 11.5 Å². The number of carboxylic acids is 1. The number of aliphatic carboxylic acids is 1. The predicted molar refractivity (Wildman–Crippen MR) is 72.0 cm³/mol. The Kier molecular flexibility index (Phi) is 4.07. The Hall–Kier alpha value is -2.31. The van der Waals surface area contributed by atoms with Gasteiger partial charge in [0.25, 0.3) is 0 Å². The third-order valence-electron chi connectivity index (χ3n) is 3.14. The molecule has 7 heteroatoms. The number of benzene rings is 1. The molecule has 1 aromatic rings. The zero-order valence-corrected chi connectivity index (χ0v) is 11.0. The molecule has 0 saturated heterocycles. The monoisotopic (exact) mass is 280 g/mol. The quantitative estimate of drug-likeness (QED) is 0.586. The first kappa shape index (κ1) is 14.1. The summed E-state index contributed by atoms with van der Waals surface area (Å²) < 4.78 is 5.23. The fraction of sp³-hybridized carbons (Fsp3) is 0.462. The summed E-state index contributed by atoms with van der Waals surface area (Å²) in [5.74, 6) is -0.649. The maximum atomic E-state index is 11.2. The molecule has 2 rings (SSSR count). The summed E-state index contributed by atoms with van der Waals surface area (Å²) in [6, 6.07) is 3.63. The minimum atomic E-state index is -0.913. The Balaban J connectivity index is 2.21. The first-order valence-electron chi connectivity index (χ1n) is 6.43. The number of ether oxygens (including phenoxy) is 1. The molecule has 1 aliphatic carbocycles. The molecule has 1 saturated carbocycles. The van der Waals surface area contributed by atoms with Crippen LogP contribution in [0.3, 0.4) is 0 Å². The lowest BCUT2D eigenvalue weighted by molar-refractivity contribution is -0.385. The number of rotatable bonds is 7. The van der Waals surface area contributed by atoms with Crippen molar-refractivity contribution in [1.29, 1.82) is 0 Å². The van der Waals surface area contributed by atoms with Crippen molar-refractivity contribution in [3.63, 3.8) is 0 Å². The Morgan fingerprint density at radius 2 is 2.30 bits per heavy atom. The van der Waals surface area contributed by atoms with Gasteiger partial charge in [-0.05, 0) is 31.7 Å². The summed E-state index contributed by atoms with van der Waals surface area (Å²) in [4.78, 5) is 21.5. The molecule has 0 heterocycles. The Morgan fingerprint density at radius 3 is 2.80 bits per heavy atom. The average molecular weight is 280 g/mol. The van der Waals surface area contributed by atoms with Crippen LogP contribution in [-0.2, 0) is 4.79 Å². The first-order valence-corrected chi connectivity index (χ1v) is 6.43. The number of nitro groups is 1. The van der Waals surface area contributed by atoms with E-state index >= 15 is 0 Å². The summed E-state index contributed by atoms with van der Waals surface area (Å²) in [5.41, 5.74) is 0.383. The van der Waals surface area contributed by atoms with E-state index in [-0.39, 0.29) is 17.4 Å². The van der Waals surface area contributed by atoms with E-state index in [1.54, 1.807) is 6.92 Å². The number of carboxylic acid groups (broad SMARTS) is 1. The van der Waals surface area contributed by atoms with Crippen molar-refractivity contribution in [3.05, 3.63) is 28.3 Å². The van der Waals surface area contributed by atoms with Crippen molar-refractivity contribution >= 4 is 17.3 Å². The van der Waals surface area contributed by atoms with Crippen LogP contribution >= 0.6 is 0 Å². The van der Waals surface area contributed by atoms with E-state index in [2.05, 4.69) is 5.32 Å². The molecule has 108 valence electrons. The summed E-state index contributed by atoms with van der Waals surface area (Å²) in [6.07, 6.45) is 1.77. The Labute approximate surface area is 115 Å². The molecule has 0 spiro atoms. The first-order chi connectivity index (χ1) is 9.52. The number of nitro benzene ring substituents is 1. The van der Waals surface area contributed by atoms with Crippen LogP contribution in [0.2, 0.25) is 0 Å². The van der Waals surface area contributed by atoms with E-state index in [1.165, 1.54) is 18.2 Å². The molecule has 0 radical (unpaired) electrons. The van der Waals surface area contributed by atoms with Crippen molar-refractivity contribution in [2.24, 2.45) is 5.92 Å². The normalized spacial score (nSPS) is 15.4. The van der Waals surface area contributed by atoms with Crippen LogP contribution in [0.1, 0.15) is 19.8 Å². The van der Waals surface area contributed by atoms with E-state index in [1.807, 2.05) is 0 Å². The number of anilines is 1. The fourth-order valence-corrected chi connectivity index (χ4v) is 2.02. The standard InChI is InChI=1S/C13H16N2O5/c1-2-20-11-7-9(5-6-10(11)15(18)19)14-12(13(16)17)8-3-4-8/h5-8,12,14H,2-4H2,1H3,(H,16,17). The molecule has 1 aliphatic rings. The molecule has 0 aliphatic heterocycles. The minimum Gasteiger partial charge on any atom is -0.487 e. The van der Waals surface area contributed by atoms with Crippen molar-refractivity contribution in [2.45, 2.75) is 25.8 Å². The second-order valence-corrected chi connectivity index (χ2v) is 4.67. The fourth-order valence-electron chi connectivity index (χ4n) is 2.02. The van der Waals surface area contributed by atoms with Gasteiger partial charge in [-0.3, -0.25) is 10.1 Å². The number of hydrogen-bond donors (Lipinski definition) is 2. The summed E-state index contributed by atoms with van der Waals surface area (Å²) in [6.45, 7) is 2.03. The van der Waals surface area contributed by atoms with Crippen LogP contribution in [0.25, 0.3) is 0 Å². The van der Waals surface area contributed by atoms with Gasteiger partial charge in [-0.25, -0.2) is 4.79 Å². The zero-order chi connectivity index (χ0) is 14.7. The van der Waals surface area contributed by atoms with Crippen LogP contribution in [0.15, 0.2) is 18.2 Å². The SMILES string of the molecule is CCOc1cc(NC(C(=O)O)C2CC2)ccc1[N+](=O)[O-]. The molecule has 2 N–H and O–H groups in total. The highest BCUT2D eigenvalue weighted by atomic mass is 16.6. The molecular formula is C13H16N2O5. The van der Waals surface area contributed by atoms with E-state index in [0.717, 1.165) is 12.8 Å². The van der Waals surface area contributed by atoms with E-state index < -0.39 is 16.9 Å². The Morgan fingerprint density at radius 1 is 1.60 bits per heavy atom. The van der Waals surface area contributed by atoms with Crippen molar-refractivity contribution < 1.29 is 19.6 Å². The van der Waals surface area contributed by atoms with Crippen LogP contribution in [0.5, 0.6) is 5.75 Å². The number of carbonyl (C=O) groups is 1. The third kappa shape index (κ3) is 3.17. The molecule has 1 atom stereocenters. The highest BCUT2D eigenvalue weighted by Crippen LogP contribution is 2.36. The van der Waals surface area contributed by atoms with Gasteiger partial charge in [0.15, 0.2) is 5.75 Å². The number of hydrogen-bond acceptors (Lipinski definition) is 5. The van der Waals surface area contributed by atoms with Crippen LogP contribution in [-0.4, -0.2) is 28.6 Å². The molecule has 0 aromatic heterocycles. The van der Waals surface area contributed by atoms with Crippen LogP contribution in [0, 0.1) is 16.0 Å². The number of nitrogens with zero attached hydrogens (tertiary/aromatic N) is 1. The molecular weight excluding hydrogens is 264 g/mol. The molecule has 20 heavy (non-hydrogen) atoms. The topological polar surface area (TPSA) is 102 Å². The van der Waals surface area contributed by atoms with Crippen LogP contribution in [0.4, 0.5) is 11.4 Å². The van der Waals surface area contributed by atoms with Crippen molar-refractivity contribution in [3.8, 4) is 5.75 Å². The van der Waals surface area contributed by atoms with Gasteiger partial charge in [-0.1, -0.05) is 0 Å². The lowest BCUT2D eigenvalue weighted by Gasteiger charge is -2.15. The average Bonchev–Trinajstić information content (AvgIpc) is 3.20. The minimum absolute atomic E-state index is 0.123. The van der Waals surface area contributed by atoms with E-state index in [9.17, 15) is 14.9 Å². The van der Waals surface area contributed by atoms with Gasteiger partial charge in [0.1, 0.15) is 6.04 Å². The molecule has 0 amide bonds. The molecule has 0 bridgehead atoms. The summed E-state index contributed by atoms with van der Waals surface area (Å²) >= 11 is 0. The van der Waals surface area contributed by atoms with Gasteiger partial charge in [-0.2, -0.15) is 0 Å². The lowest BCUT2D eigenvalue weighted by atomic mass is 10.1. The lowest BCUT2D eigenvalue weighted by Crippen LogP contribution is -2.31. The zero-order valence-electron chi connectivity index (χ0n) is 11.0. The molecule has 1 unspecified atom stereocenters. The van der Waals surface area contributed by atoms with E-state index in [4.69, 9.17) is 9.84 Å². The summed E-state index contributed by atoms with van der Waals surface area (Å²) in [5, 5.41) is 22.9. The second-order valence-electron chi connectivity index (χ2n) is 4.67. The van der Waals surface area contributed by atoms with Gasteiger partial charge >= 0.3 is 11.7 Å². The van der Waals surface area contributed by atoms with Gasteiger partial charge in [-0.15, -0.1) is 0 Å². The highest BCUT2D eigenvalue weighted by molar-refractivity contribution is 5.78. The Bertz CT molecular complexity index is 527. The van der Waals surface area contributed by atoms with Gasteiger partial charge in [0, 0.05) is 17.8 Å². The third-order valence-corrected chi connectivity index (χ3v) is 3.14. The van der Waals surface area contributed by atoms with Crippen molar-refractivity contribution in [1.82, 2.24) is 0 Å². The second kappa shape index (κ2) is 5.77. The largest absolute Gasteiger partial charge is 0.487 e. The molecule has 1 fully saturated rings. The number of nitrogens with one attached hydrogen (secondary N) is 1. The summed E-state index contributed by atoms with van der Waals surface area (Å²) in [7, 11) is 0. The maximum absolute atomic E-state index is 11.2. The van der Waals surface area contributed by atoms with Crippen LogP contribution < -0.4 is 10.1 Å².